The number of carbonyl (C=O) groups excluding carboxylic acids is 1. The first-order chi connectivity index (χ1) is 5.61. The van der Waals surface area contributed by atoms with Crippen LogP contribution in [0.1, 0.15) is 6.42 Å². The largest absolute Gasteiger partial charge is 0.409 e. The summed E-state index contributed by atoms with van der Waals surface area (Å²) in [6.07, 6.45) is -0.132. The predicted molar refractivity (Wildman–Crippen MR) is 42.7 cm³/mol. The van der Waals surface area contributed by atoms with Gasteiger partial charge in [0, 0.05) is 13.6 Å². The van der Waals surface area contributed by atoms with Gasteiger partial charge in [-0.3, -0.25) is 4.79 Å². The van der Waals surface area contributed by atoms with Crippen molar-refractivity contribution in [3.8, 4) is 0 Å². The van der Waals surface area contributed by atoms with Crippen molar-refractivity contribution in [2.75, 3.05) is 20.2 Å². The summed E-state index contributed by atoms with van der Waals surface area (Å²) >= 11 is 0. The molecule has 4 N–H and O–H groups in total. The van der Waals surface area contributed by atoms with Crippen LogP contribution < -0.4 is 5.73 Å². The van der Waals surface area contributed by atoms with Crippen molar-refractivity contribution < 1.29 is 15.1 Å². The summed E-state index contributed by atoms with van der Waals surface area (Å²) in [6.45, 7) is 0.149. The van der Waals surface area contributed by atoms with E-state index in [0.717, 1.165) is 0 Å². The second kappa shape index (κ2) is 5.36. The quantitative estimate of drug-likeness (QED) is 0.211. The Morgan fingerprint density at radius 3 is 2.67 bits per heavy atom. The van der Waals surface area contributed by atoms with Crippen LogP contribution in [0.3, 0.4) is 0 Å². The van der Waals surface area contributed by atoms with Crippen LogP contribution in [0.5, 0.6) is 0 Å². The number of carbonyl (C=O) groups is 1. The molecule has 0 rings (SSSR count). The highest BCUT2D eigenvalue weighted by molar-refractivity contribution is 5.98. The van der Waals surface area contributed by atoms with Crippen molar-refractivity contribution in [1.82, 2.24) is 4.90 Å². The molecule has 70 valence electrons. The van der Waals surface area contributed by atoms with Crippen LogP contribution in [-0.2, 0) is 4.79 Å². The first-order valence-corrected chi connectivity index (χ1v) is 3.43. The zero-order valence-electron chi connectivity index (χ0n) is 6.90. The molecule has 6 nitrogen and oxygen atoms in total. The molecule has 0 aromatic heterocycles. The lowest BCUT2D eigenvalue weighted by Crippen LogP contribution is -2.32. The zero-order valence-corrected chi connectivity index (χ0v) is 6.90. The molecular formula is C6H13N3O3. The highest BCUT2D eigenvalue weighted by Gasteiger charge is 2.09. The Morgan fingerprint density at radius 2 is 2.25 bits per heavy atom. The molecule has 0 radical (unpaired) electrons. The van der Waals surface area contributed by atoms with Crippen LogP contribution in [-0.4, -0.2) is 47.2 Å². The molecule has 0 aromatic rings. The Labute approximate surface area is 70.3 Å². The number of hydrogen-bond donors (Lipinski definition) is 3. The number of aliphatic hydroxyl groups excluding tert-OH is 1. The van der Waals surface area contributed by atoms with Crippen molar-refractivity contribution >= 4 is 11.7 Å². The van der Waals surface area contributed by atoms with Gasteiger partial charge in [0.15, 0.2) is 0 Å². The van der Waals surface area contributed by atoms with E-state index in [4.69, 9.17) is 16.0 Å². The zero-order chi connectivity index (χ0) is 9.56. The van der Waals surface area contributed by atoms with Crippen LogP contribution in [0.25, 0.3) is 0 Å². The lowest BCUT2D eigenvalue weighted by Gasteiger charge is -2.14. The Balaban J connectivity index is 3.87. The van der Waals surface area contributed by atoms with E-state index in [-0.39, 0.29) is 31.3 Å². The lowest BCUT2D eigenvalue weighted by molar-refractivity contribution is -0.129. The van der Waals surface area contributed by atoms with Crippen molar-refractivity contribution in [3.05, 3.63) is 0 Å². The highest BCUT2D eigenvalue weighted by Crippen LogP contribution is 1.89. The summed E-state index contributed by atoms with van der Waals surface area (Å²) in [6, 6.07) is 0. The van der Waals surface area contributed by atoms with Crippen molar-refractivity contribution in [2.24, 2.45) is 10.9 Å². The minimum Gasteiger partial charge on any atom is -0.409 e. The fraction of sp³-hybridized carbons (Fsp3) is 0.667. The van der Waals surface area contributed by atoms with Gasteiger partial charge in [0.05, 0.1) is 13.0 Å². The molecule has 0 unspecified atom stereocenters. The Morgan fingerprint density at radius 1 is 1.67 bits per heavy atom. The van der Waals surface area contributed by atoms with Crippen LogP contribution in [0.15, 0.2) is 5.16 Å². The van der Waals surface area contributed by atoms with Crippen molar-refractivity contribution in [3.63, 3.8) is 0 Å². The summed E-state index contributed by atoms with van der Waals surface area (Å²) < 4.78 is 0. The average Bonchev–Trinajstić information content (AvgIpc) is 2.04. The van der Waals surface area contributed by atoms with Gasteiger partial charge in [-0.2, -0.15) is 0 Å². The Kier molecular flexibility index (Phi) is 4.78. The van der Waals surface area contributed by atoms with E-state index in [2.05, 4.69) is 5.16 Å². The van der Waals surface area contributed by atoms with Crippen LogP contribution in [0.2, 0.25) is 0 Å². The van der Waals surface area contributed by atoms with Gasteiger partial charge in [-0.1, -0.05) is 5.16 Å². The number of likely N-dealkylation sites (N-methyl/N-ethyl adjacent to an activating group) is 1. The maximum absolute atomic E-state index is 11.0. The molecule has 0 aliphatic carbocycles. The van der Waals surface area contributed by atoms with E-state index in [1.807, 2.05) is 0 Å². The minimum atomic E-state index is -0.292. The number of amides is 1. The molecule has 0 heterocycles. The second-order valence-electron chi connectivity index (χ2n) is 2.31. The normalized spacial score (nSPS) is 11.3. The van der Waals surface area contributed by atoms with Crippen molar-refractivity contribution in [1.29, 1.82) is 0 Å². The Bertz CT molecular complexity index is 181. The third-order valence-corrected chi connectivity index (χ3v) is 1.32. The number of rotatable bonds is 4. The molecular weight excluding hydrogens is 162 g/mol. The predicted octanol–water partition coefficient (Wildman–Crippen LogP) is -1.43. The van der Waals surface area contributed by atoms with E-state index in [1.165, 1.54) is 11.9 Å². The smallest absolute Gasteiger partial charge is 0.230 e. The molecule has 1 amide bonds. The second-order valence-corrected chi connectivity index (χ2v) is 2.31. The van der Waals surface area contributed by atoms with Gasteiger partial charge < -0.3 is 20.9 Å². The standard InChI is InChI=1S/C6H13N3O3/c1-9(2-3-10)6(11)4-5(7)8-12/h10,12H,2-4H2,1H3,(H2,7,8). The molecule has 0 aliphatic heterocycles. The summed E-state index contributed by atoms with van der Waals surface area (Å²) in [5.74, 6) is -0.427. The molecule has 0 saturated carbocycles. The number of nitrogens with two attached hydrogens (primary N) is 1. The summed E-state index contributed by atoms with van der Waals surface area (Å²) in [7, 11) is 1.53. The van der Waals surface area contributed by atoms with Crippen molar-refractivity contribution in [2.45, 2.75) is 6.42 Å². The molecule has 0 saturated heterocycles. The maximum atomic E-state index is 11.0. The molecule has 0 aliphatic rings. The highest BCUT2D eigenvalue weighted by atomic mass is 16.4. The SMILES string of the molecule is CN(CCO)C(=O)C/C(N)=N/O. The number of amidine groups is 1. The van der Waals surface area contributed by atoms with E-state index < -0.39 is 0 Å². The topological polar surface area (TPSA) is 99.2 Å². The maximum Gasteiger partial charge on any atom is 0.230 e. The van der Waals surface area contributed by atoms with Gasteiger partial charge in [-0.05, 0) is 0 Å². The van der Waals surface area contributed by atoms with Gasteiger partial charge in [0.2, 0.25) is 5.91 Å². The number of oxime groups is 1. The number of nitrogens with zero attached hydrogens (tertiary/aromatic N) is 2. The Hall–Kier alpha value is -1.30. The third-order valence-electron chi connectivity index (χ3n) is 1.32. The van der Waals surface area contributed by atoms with Gasteiger partial charge in [-0.15, -0.1) is 0 Å². The van der Waals surface area contributed by atoms with E-state index in [1.54, 1.807) is 0 Å². The molecule has 0 bridgehead atoms. The first-order valence-electron chi connectivity index (χ1n) is 3.43. The third kappa shape index (κ3) is 3.77. The van der Waals surface area contributed by atoms with Crippen LogP contribution >= 0.6 is 0 Å². The molecule has 6 heteroatoms. The van der Waals surface area contributed by atoms with Gasteiger partial charge in [0.1, 0.15) is 5.84 Å². The lowest BCUT2D eigenvalue weighted by atomic mass is 10.3. The van der Waals surface area contributed by atoms with Gasteiger partial charge in [0.25, 0.3) is 0 Å². The van der Waals surface area contributed by atoms with Crippen LogP contribution in [0.4, 0.5) is 0 Å². The molecule has 0 atom stereocenters. The minimum absolute atomic E-state index is 0.0988. The van der Waals surface area contributed by atoms with Gasteiger partial charge >= 0.3 is 0 Å². The fourth-order valence-electron chi connectivity index (χ4n) is 0.600. The van der Waals surface area contributed by atoms with E-state index in [9.17, 15) is 4.79 Å². The van der Waals surface area contributed by atoms with Crippen LogP contribution in [0, 0.1) is 0 Å². The van der Waals surface area contributed by atoms with E-state index in [0.29, 0.717) is 0 Å². The van der Waals surface area contributed by atoms with Gasteiger partial charge in [-0.25, -0.2) is 0 Å². The number of hydrogen-bond acceptors (Lipinski definition) is 4. The number of aliphatic hydroxyl groups is 1. The summed E-state index contributed by atoms with van der Waals surface area (Å²) in [5, 5.41) is 19.3. The monoisotopic (exact) mass is 175 g/mol. The first kappa shape index (κ1) is 10.7. The fourth-order valence-corrected chi connectivity index (χ4v) is 0.600. The molecule has 12 heavy (non-hydrogen) atoms. The van der Waals surface area contributed by atoms with E-state index >= 15 is 0 Å². The summed E-state index contributed by atoms with van der Waals surface area (Å²) in [5.41, 5.74) is 5.10. The molecule has 0 spiro atoms. The molecule has 0 fully saturated rings. The molecule has 0 aromatic carbocycles. The average molecular weight is 175 g/mol. The summed E-state index contributed by atoms with van der Waals surface area (Å²) in [4.78, 5) is 12.3.